The molecule has 0 atom stereocenters. The number of hydrogen-bond donors (Lipinski definition) is 1. The van der Waals surface area contributed by atoms with Gasteiger partial charge in [0.15, 0.2) is 0 Å². The first-order chi connectivity index (χ1) is 6.43. The molecule has 14 heavy (non-hydrogen) atoms. The van der Waals surface area contributed by atoms with Crippen molar-refractivity contribution in [2.75, 3.05) is 19.0 Å². The van der Waals surface area contributed by atoms with Gasteiger partial charge in [0.1, 0.15) is 5.82 Å². The van der Waals surface area contributed by atoms with Crippen molar-refractivity contribution in [2.45, 2.75) is 6.92 Å². The van der Waals surface area contributed by atoms with E-state index in [9.17, 15) is 9.18 Å². The quantitative estimate of drug-likeness (QED) is 0.787. The van der Waals surface area contributed by atoms with Crippen LogP contribution in [0.4, 0.5) is 10.1 Å². The highest BCUT2D eigenvalue weighted by atomic mass is 19.1. The van der Waals surface area contributed by atoms with Crippen LogP contribution < -0.4 is 4.90 Å². The number of carbonyl (C=O) groups is 1. The number of carboxylic acids is 1. The summed E-state index contributed by atoms with van der Waals surface area (Å²) in [7, 11) is 3.57. The minimum absolute atomic E-state index is 0.292. The number of halogens is 1. The lowest BCUT2D eigenvalue weighted by molar-refractivity contribution is 0.0692. The predicted molar refractivity (Wildman–Crippen MR) is 52.4 cm³/mol. The molecule has 0 aliphatic rings. The zero-order valence-corrected chi connectivity index (χ0v) is 8.34. The molecular weight excluding hydrogens is 185 g/mol. The van der Waals surface area contributed by atoms with Crippen LogP contribution in [0.5, 0.6) is 0 Å². The molecule has 0 aliphatic carbocycles. The molecule has 1 rings (SSSR count). The van der Waals surface area contributed by atoms with Gasteiger partial charge >= 0.3 is 5.97 Å². The topological polar surface area (TPSA) is 40.5 Å². The molecule has 0 unspecified atom stereocenters. The van der Waals surface area contributed by atoms with E-state index < -0.39 is 11.8 Å². The Labute approximate surface area is 81.8 Å². The Kier molecular flexibility index (Phi) is 2.74. The van der Waals surface area contributed by atoms with Crippen LogP contribution in [-0.4, -0.2) is 25.2 Å². The van der Waals surface area contributed by atoms with Gasteiger partial charge in [-0.3, -0.25) is 0 Å². The van der Waals surface area contributed by atoms with Gasteiger partial charge < -0.3 is 10.0 Å². The van der Waals surface area contributed by atoms with Gasteiger partial charge in [-0.2, -0.15) is 0 Å². The van der Waals surface area contributed by atoms with Gasteiger partial charge in [0.2, 0.25) is 0 Å². The summed E-state index contributed by atoms with van der Waals surface area (Å²) >= 11 is 0. The van der Waals surface area contributed by atoms with E-state index in [-0.39, 0.29) is 5.56 Å². The van der Waals surface area contributed by atoms with E-state index in [0.717, 1.165) is 5.56 Å². The van der Waals surface area contributed by atoms with Gasteiger partial charge in [-0.25, -0.2) is 9.18 Å². The van der Waals surface area contributed by atoms with Crippen LogP contribution in [0.3, 0.4) is 0 Å². The molecule has 0 spiro atoms. The Hall–Kier alpha value is -1.58. The standard InChI is InChI=1S/C10H12FNO2/c1-6-4-8(11)7(10(13)14)5-9(6)12(2)3/h4-5H,1-3H3,(H,13,14). The molecule has 0 aromatic heterocycles. The van der Waals surface area contributed by atoms with Gasteiger partial charge in [-0.05, 0) is 24.6 Å². The largest absolute Gasteiger partial charge is 0.478 e. The second kappa shape index (κ2) is 3.65. The van der Waals surface area contributed by atoms with E-state index in [1.54, 1.807) is 25.9 Å². The number of hydrogen-bond acceptors (Lipinski definition) is 2. The molecule has 4 heteroatoms. The van der Waals surface area contributed by atoms with Crippen molar-refractivity contribution in [1.82, 2.24) is 0 Å². The lowest BCUT2D eigenvalue weighted by Gasteiger charge is -2.16. The highest BCUT2D eigenvalue weighted by Crippen LogP contribution is 2.22. The van der Waals surface area contributed by atoms with Crippen molar-refractivity contribution in [3.8, 4) is 0 Å². The van der Waals surface area contributed by atoms with Crippen LogP contribution in [-0.2, 0) is 0 Å². The smallest absolute Gasteiger partial charge is 0.338 e. The highest BCUT2D eigenvalue weighted by Gasteiger charge is 2.13. The first-order valence-corrected chi connectivity index (χ1v) is 4.14. The Morgan fingerprint density at radius 3 is 2.43 bits per heavy atom. The van der Waals surface area contributed by atoms with E-state index >= 15 is 0 Å². The monoisotopic (exact) mass is 197 g/mol. The van der Waals surface area contributed by atoms with Crippen LogP contribution in [0.1, 0.15) is 15.9 Å². The lowest BCUT2D eigenvalue weighted by atomic mass is 10.1. The van der Waals surface area contributed by atoms with Crippen LogP contribution in [0.15, 0.2) is 12.1 Å². The second-order valence-corrected chi connectivity index (χ2v) is 3.32. The van der Waals surface area contributed by atoms with Crippen molar-refractivity contribution >= 4 is 11.7 Å². The summed E-state index contributed by atoms with van der Waals surface area (Å²) < 4.78 is 13.1. The summed E-state index contributed by atoms with van der Waals surface area (Å²) in [6.45, 7) is 1.74. The zero-order chi connectivity index (χ0) is 10.9. The number of carboxylic acid groups (broad SMARTS) is 1. The first kappa shape index (κ1) is 10.5. The molecule has 1 aromatic carbocycles. The van der Waals surface area contributed by atoms with Crippen molar-refractivity contribution in [3.63, 3.8) is 0 Å². The van der Waals surface area contributed by atoms with E-state index in [4.69, 9.17) is 5.11 Å². The average molecular weight is 197 g/mol. The molecule has 0 radical (unpaired) electrons. The molecule has 3 nitrogen and oxygen atoms in total. The molecular formula is C10H12FNO2. The van der Waals surface area contributed by atoms with Crippen LogP contribution in [0.25, 0.3) is 0 Å². The third kappa shape index (κ3) is 1.84. The van der Waals surface area contributed by atoms with Crippen LogP contribution >= 0.6 is 0 Å². The molecule has 0 saturated carbocycles. The minimum Gasteiger partial charge on any atom is -0.478 e. The maximum absolute atomic E-state index is 13.1. The van der Waals surface area contributed by atoms with Crippen molar-refractivity contribution < 1.29 is 14.3 Å². The zero-order valence-electron chi connectivity index (χ0n) is 8.34. The molecule has 0 fully saturated rings. The van der Waals surface area contributed by atoms with Gasteiger partial charge in [0, 0.05) is 19.8 Å². The predicted octanol–water partition coefficient (Wildman–Crippen LogP) is 1.90. The van der Waals surface area contributed by atoms with Gasteiger partial charge in [0.25, 0.3) is 0 Å². The first-order valence-electron chi connectivity index (χ1n) is 4.14. The number of benzene rings is 1. The number of aryl methyl sites for hydroxylation is 1. The minimum atomic E-state index is -1.24. The van der Waals surface area contributed by atoms with Crippen LogP contribution in [0.2, 0.25) is 0 Å². The lowest BCUT2D eigenvalue weighted by Crippen LogP contribution is -2.12. The molecule has 1 N–H and O–H groups in total. The van der Waals surface area contributed by atoms with E-state index in [1.807, 2.05) is 0 Å². The molecule has 1 aromatic rings. The van der Waals surface area contributed by atoms with Gasteiger partial charge in [0.05, 0.1) is 5.56 Å². The van der Waals surface area contributed by atoms with Crippen molar-refractivity contribution in [2.24, 2.45) is 0 Å². The maximum Gasteiger partial charge on any atom is 0.338 e. The second-order valence-electron chi connectivity index (χ2n) is 3.32. The molecule has 76 valence electrons. The Morgan fingerprint density at radius 1 is 1.43 bits per heavy atom. The fraction of sp³-hybridized carbons (Fsp3) is 0.300. The summed E-state index contributed by atoms with van der Waals surface area (Å²) in [6.07, 6.45) is 0. The maximum atomic E-state index is 13.1. The van der Waals surface area contributed by atoms with E-state index in [2.05, 4.69) is 0 Å². The molecule has 0 amide bonds. The molecule has 0 saturated heterocycles. The fourth-order valence-electron chi connectivity index (χ4n) is 1.31. The highest BCUT2D eigenvalue weighted by molar-refractivity contribution is 5.89. The molecule has 0 heterocycles. The summed E-state index contributed by atoms with van der Waals surface area (Å²) in [5, 5.41) is 8.70. The van der Waals surface area contributed by atoms with Crippen molar-refractivity contribution in [1.29, 1.82) is 0 Å². The number of rotatable bonds is 2. The van der Waals surface area contributed by atoms with Crippen molar-refractivity contribution in [3.05, 3.63) is 29.1 Å². The van der Waals surface area contributed by atoms with Gasteiger partial charge in [-0.15, -0.1) is 0 Å². The van der Waals surface area contributed by atoms with E-state index in [1.165, 1.54) is 12.1 Å². The summed E-state index contributed by atoms with van der Waals surface area (Å²) in [5.74, 6) is -1.94. The molecule has 0 bridgehead atoms. The fourth-order valence-corrected chi connectivity index (χ4v) is 1.31. The third-order valence-electron chi connectivity index (χ3n) is 2.00. The van der Waals surface area contributed by atoms with E-state index in [0.29, 0.717) is 5.69 Å². The summed E-state index contributed by atoms with van der Waals surface area (Å²) in [6, 6.07) is 2.58. The molecule has 0 aliphatic heterocycles. The third-order valence-corrected chi connectivity index (χ3v) is 2.00. The SMILES string of the molecule is Cc1cc(F)c(C(=O)O)cc1N(C)C. The van der Waals surface area contributed by atoms with Crippen LogP contribution in [0, 0.1) is 12.7 Å². The Balaban J connectivity index is 3.34. The van der Waals surface area contributed by atoms with Gasteiger partial charge in [-0.1, -0.05) is 0 Å². The average Bonchev–Trinajstić information content (AvgIpc) is 2.02. The Morgan fingerprint density at radius 2 is 2.00 bits per heavy atom. The Bertz CT molecular complexity index is 375. The number of nitrogens with zero attached hydrogens (tertiary/aromatic N) is 1. The summed E-state index contributed by atoms with van der Waals surface area (Å²) in [4.78, 5) is 12.4. The number of anilines is 1. The normalized spacial score (nSPS) is 10.0. The summed E-state index contributed by atoms with van der Waals surface area (Å²) in [5.41, 5.74) is 1.14. The number of aromatic carboxylic acids is 1.